The van der Waals surface area contributed by atoms with Crippen molar-refractivity contribution in [3.05, 3.63) is 70.2 Å². The fourth-order valence-electron chi connectivity index (χ4n) is 4.45. The molecular formula is C22H19ClO3. The highest BCUT2D eigenvalue weighted by atomic mass is 35.5. The van der Waals surface area contributed by atoms with Gasteiger partial charge in [0.2, 0.25) is 11.6 Å². The van der Waals surface area contributed by atoms with Gasteiger partial charge in [0.25, 0.3) is 0 Å². The van der Waals surface area contributed by atoms with Crippen molar-refractivity contribution < 1.29 is 14.4 Å². The topological polar surface area (TPSA) is 51.2 Å². The molecule has 2 aromatic rings. The predicted molar refractivity (Wildman–Crippen MR) is 99.8 cm³/mol. The van der Waals surface area contributed by atoms with E-state index in [1.54, 1.807) is 24.3 Å². The van der Waals surface area contributed by atoms with Gasteiger partial charge in [-0.25, -0.2) is 0 Å². The fourth-order valence-corrected chi connectivity index (χ4v) is 4.74. The van der Waals surface area contributed by atoms with Crippen LogP contribution < -0.4 is 0 Å². The smallest absolute Gasteiger partial charge is 0.230 e. The summed E-state index contributed by atoms with van der Waals surface area (Å²) < 4.78 is 0. The Morgan fingerprint density at radius 3 is 2.04 bits per heavy atom. The van der Waals surface area contributed by atoms with Crippen LogP contribution in [0.4, 0.5) is 0 Å². The molecule has 0 aromatic heterocycles. The average molecular weight is 367 g/mol. The lowest BCUT2D eigenvalue weighted by Gasteiger charge is -2.34. The summed E-state index contributed by atoms with van der Waals surface area (Å²) in [7, 11) is 0. The molecule has 1 saturated carbocycles. The number of hydrogen-bond donors (Lipinski definition) is 0. The van der Waals surface area contributed by atoms with Gasteiger partial charge in [-0.1, -0.05) is 54.1 Å². The van der Waals surface area contributed by atoms with Gasteiger partial charge in [-0.15, -0.1) is 0 Å². The maximum absolute atomic E-state index is 12.9. The van der Waals surface area contributed by atoms with Crippen molar-refractivity contribution in [3.63, 3.8) is 0 Å². The monoisotopic (exact) mass is 366 g/mol. The molecule has 2 aliphatic carbocycles. The van der Waals surface area contributed by atoms with Gasteiger partial charge in [-0.05, 0) is 49.1 Å². The number of carbonyl (C=O) groups is 3. The number of halogens is 1. The molecule has 0 amide bonds. The zero-order chi connectivity index (χ0) is 18.3. The third-order valence-electron chi connectivity index (χ3n) is 5.81. The summed E-state index contributed by atoms with van der Waals surface area (Å²) in [5.74, 6) is -1.77. The third kappa shape index (κ3) is 2.80. The summed E-state index contributed by atoms with van der Waals surface area (Å²) >= 11 is 6.31. The molecule has 4 rings (SSSR count). The van der Waals surface area contributed by atoms with Crippen LogP contribution in [-0.2, 0) is 4.79 Å². The zero-order valence-electron chi connectivity index (χ0n) is 14.3. The Kier molecular flexibility index (Phi) is 4.49. The van der Waals surface area contributed by atoms with Crippen molar-refractivity contribution in [1.29, 1.82) is 0 Å². The third-order valence-corrected chi connectivity index (χ3v) is 6.16. The average Bonchev–Trinajstić information content (AvgIpc) is 2.67. The summed E-state index contributed by atoms with van der Waals surface area (Å²) in [6.45, 7) is 0. The zero-order valence-corrected chi connectivity index (χ0v) is 15.0. The second-order valence-corrected chi connectivity index (χ2v) is 7.62. The molecule has 0 heterocycles. The molecule has 0 saturated heterocycles. The van der Waals surface area contributed by atoms with Crippen LogP contribution in [0.1, 0.15) is 57.9 Å². The summed E-state index contributed by atoms with van der Waals surface area (Å²) in [5, 5.41) is 0.768. The Morgan fingerprint density at radius 1 is 0.731 bits per heavy atom. The first-order valence-corrected chi connectivity index (χ1v) is 9.42. The quantitative estimate of drug-likeness (QED) is 0.562. The van der Waals surface area contributed by atoms with Gasteiger partial charge >= 0.3 is 0 Å². The van der Waals surface area contributed by atoms with Crippen molar-refractivity contribution in [2.45, 2.75) is 31.6 Å². The molecule has 1 unspecified atom stereocenters. The molecule has 2 aliphatic rings. The van der Waals surface area contributed by atoms with Gasteiger partial charge < -0.3 is 0 Å². The second kappa shape index (κ2) is 6.81. The van der Waals surface area contributed by atoms with Crippen LogP contribution in [0.5, 0.6) is 0 Å². The molecule has 4 heteroatoms. The largest absolute Gasteiger partial charge is 0.293 e. The molecule has 3 nitrogen and oxygen atoms in total. The molecule has 26 heavy (non-hydrogen) atoms. The summed E-state index contributed by atoms with van der Waals surface area (Å²) in [6.07, 6.45) is 3.27. The SMILES string of the molecule is O=C1C(=O)C(C2CCC(c3ccccc3Cl)CC2)C(=O)c2ccccc21. The normalized spacial score (nSPS) is 25.9. The van der Waals surface area contributed by atoms with Crippen molar-refractivity contribution in [2.75, 3.05) is 0 Å². The van der Waals surface area contributed by atoms with Gasteiger partial charge in [-0.3, -0.25) is 14.4 Å². The number of Topliss-reactive ketones (excluding diaryl/α,β-unsaturated/α-hetero) is 3. The second-order valence-electron chi connectivity index (χ2n) is 7.21. The van der Waals surface area contributed by atoms with E-state index in [4.69, 9.17) is 11.6 Å². The Morgan fingerprint density at radius 2 is 1.35 bits per heavy atom. The van der Waals surface area contributed by atoms with E-state index in [9.17, 15) is 14.4 Å². The predicted octanol–water partition coefficient (Wildman–Crippen LogP) is 4.88. The van der Waals surface area contributed by atoms with Crippen LogP contribution in [0, 0.1) is 11.8 Å². The van der Waals surface area contributed by atoms with Gasteiger partial charge in [0.15, 0.2) is 5.78 Å². The Balaban J connectivity index is 1.55. The Hall–Kier alpha value is -2.26. The lowest BCUT2D eigenvalue weighted by Crippen LogP contribution is -2.42. The maximum atomic E-state index is 12.9. The number of rotatable bonds is 2. The van der Waals surface area contributed by atoms with E-state index in [-0.39, 0.29) is 17.3 Å². The van der Waals surface area contributed by atoms with E-state index in [1.807, 2.05) is 24.3 Å². The van der Waals surface area contributed by atoms with Crippen molar-refractivity contribution in [2.24, 2.45) is 11.8 Å². The van der Waals surface area contributed by atoms with Gasteiger partial charge in [-0.2, -0.15) is 0 Å². The number of benzene rings is 2. The lowest BCUT2D eigenvalue weighted by molar-refractivity contribution is -0.119. The minimum absolute atomic E-state index is 0.0638. The van der Waals surface area contributed by atoms with Gasteiger partial charge in [0, 0.05) is 16.1 Å². The van der Waals surface area contributed by atoms with E-state index in [2.05, 4.69) is 0 Å². The van der Waals surface area contributed by atoms with Crippen LogP contribution in [0.25, 0.3) is 0 Å². The maximum Gasteiger partial charge on any atom is 0.230 e. The number of hydrogen-bond acceptors (Lipinski definition) is 3. The molecule has 0 bridgehead atoms. The molecule has 1 fully saturated rings. The molecule has 2 aromatic carbocycles. The van der Waals surface area contributed by atoms with E-state index in [0.29, 0.717) is 11.5 Å². The lowest BCUT2D eigenvalue weighted by atomic mass is 9.67. The highest BCUT2D eigenvalue weighted by molar-refractivity contribution is 6.51. The minimum atomic E-state index is -0.815. The molecule has 1 atom stereocenters. The van der Waals surface area contributed by atoms with E-state index in [1.165, 1.54) is 0 Å². The number of carbonyl (C=O) groups excluding carboxylic acids is 3. The summed E-state index contributed by atoms with van der Waals surface area (Å²) in [6, 6.07) is 14.5. The van der Waals surface area contributed by atoms with E-state index >= 15 is 0 Å². The molecule has 0 spiro atoms. The van der Waals surface area contributed by atoms with Gasteiger partial charge in [0.05, 0.1) is 5.92 Å². The molecule has 0 radical (unpaired) electrons. The van der Waals surface area contributed by atoms with Crippen LogP contribution in [0.15, 0.2) is 48.5 Å². The van der Waals surface area contributed by atoms with E-state index < -0.39 is 17.5 Å². The molecule has 0 aliphatic heterocycles. The standard InChI is InChI=1S/C22H19ClO3/c23-18-8-4-3-5-15(18)13-9-11-14(12-10-13)19-20(24)16-6-1-2-7-17(16)21(25)22(19)26/h1-8,13-14,19H,9-12H2. The molecule has 132 valence electrons. The van der Waals surface area contributed by atoms with Crippen LogP contribution in [0.3, 0.4) is 0 Å². The summed E-state index contributed by atoms with van der Waals surface area (Å²) in [5.41, 5.74) is 1.79. The first kappa shape index (κ1) is 17.2. The first-order valence-electron chi connectivity index (χ1n) is 9.04. The van der Waals surface area contributed by atoms with Crippen LogP contribution in [0.2, 0.25) is 5.02 Å². The minimum Gasteiger partial charge on any atom is -0.293 e. The Bertz CT molecular complexity index is 894. The van der Waals surface area contributed by atoms with Crippen LogP contribution >= 0.6 is 11.6 Å². The van der Waals surface area contributed by atoms with E-state index in [0.717, 1.165) is 36.3 Å². The summed E-state index contributed by atoms with van der Waals surface area (Å²) in [4.78, 5) is 37.9. The Labute approximate surface area is 157 Å². The molecular weight excluding hydrogens is 348 g/mol. The number of fused-ring (bicyclic) bond motifs is 1. The highest BCUT2D eigenvalue weighted by Crippen LogP contribution is 2.43. The first-order chi connectivity index (χ1) is 12.6. The fraction of sp³-hybridized carbons (Fsp3) is 0.318. The van der Waals surface area contributed by atoms with Gasteiger partial charge in [0.1, 0.15) is 0 Å². The molecule has 0 N–H and O–H groups in total. The number of ketones is 3. The van der Waals surface area contributed by atoms with Crippen LogP contribution in [-0.4, -0.2) is 17.3 Å². The van der Waals surface area contributed by atoms with Crippen molar-refractivity contribution in [1.82, 2.24) is 0 Å². The highest BCUT2D eigenvalue weighted by Gasteiger charge is 2.45. The van der Waals surface area contributed by atoms with Crippen molar-refractivity contribution in [3.8, 4) is 0 Å². The van der Waals surface area contributed by atoms with Crippen molar-refractivity contribution >= 4 is 29.0 Å².